The lowest BCUT2D eigenvalue weighted by molar-refractivity contribution is -0.141. The third kappa shape index (κ3) is 16.5. The van der Waals surface area contributed by atoms with Gasteiger partial charge in [0.25, 0.3) is 23.3 Å². The number of nitrogens with zero attached hydrogens (tertiary/aromatic N) is 7. The molecule has 2 fully saturated rings. The molecule has 30 nitrogen and oxygen atoms in total. The van der Waals surface area contributed by atoms with Crippen molar-refractivity contribution >= 4 is 104 Å². The molecule has 5 aromatic rings. The van der Waals surface area contributed by atoms with E-state index < -0.39 is 130 Å². The van der Waals surface area contributed by atoms with Crippen LogP contribution in [0.4, 0.5) is 16.4 Å². The van der Waals surface area contributed by atoms with Crippen molar-refractivity contribution in [2.24, 2.45) is 11.8 Å². The molecule has 10 atom stereocenters. The molecule has 86 heavy (non-hydrogen) atoms. The number of imide groups is 1. The van der Waals surface area contributed by atoms with E-state index in [1.165, 1.54) is 48.4 Å². The summed E-state index contributed by atoms with van der Waals surface area (Å²) in [5.41, 5.74) is 0.247. The number of anilines is 2. The van der Waals surface area contributed by atoms with Crippen LogP contribution < -0.4 is 31.6 Å². The lowest BCUT2D eigenvalue weighted by Crippen LogP contribution is -2.55. The molecule has 0 spiro atoms. The van der Waals surface area contributed by atoms with E-state index in [1.807, 2.05) is 0 Å². The molecule has 458 valence electrons. The van der Waals surface area contributed by atoms with E-state index in [-0.39, 0.29) is 55.0 Å². The van der Waals surface area contributed by atoms with Crippen LogP contribution in [0.2, 0.25) is 0 Å². The summed E-state index contributed by atoms with van der Waals surface area (Å²) in [5.74, 6) is -4.98. The predicted molar refractivity (Wildman–Crippen MR) is 308 cm³/mol. The van der Waals surface area contributed by atoms with Crippen molar-refractivity contribution < 1.29 is 80.6 Å². The number of aromatic nitrogens is 6. The maximum atomic E-state index is 14.0. The monoisotopic (exact) mass is 1270 g/mol. The Morgan fingerprint density at radius 1 is 0.977 bits per heavy atom. The molecule has 1 saturated carbocycles. The van der Waals surface area contributed by atoms with Gasteiger partial charge in [-0.1, -0.05) is 44.2 Å². The van der Waals surface area contributed by atoms with Crippen LogP contribution in [0.5, 0.6) is 5.88 Å². The second kappa shape index (κ2) is 29.3. The van der Waals surface area contributed by atoms with Crippen molar-refractivity contribution in [3.8, 4) is 5.88 Å². The largest absolute Gasteiger partial charge is 0.474 e. The van der Waals surface area contributed by atoms with Crippen molar-refractivity contribution in [1.29, 1.82) is 0 Å². The second-order valence-corrected chi connectivity index (χ2v) is 23.6. The molecule has 5 heterocycles. The molecule has 1 saturated heterocycles. The quantitative estimate of drug-likeness (QED) is 0.0162. The zero-order chi connectivity index (χ0) is 61.8. The molecule has 7 N–H and O–H groups in total. The molecule has 7 amide bonds. The number of thiol groups is 1. The van der Waals surface area contributed by atoms with Crippen LogP contribution in [0.1, 0.15) is 61.3 Å². The molecule has 0 bridgehead atoms. The topological polar surface area (TPSA) is 386 Å². The first kappa shape index (κ1) is 64.5. The molecular weight excluding hydrogens is 1210 g/mol. The van der Waals surface area contributed by atoms with Crippen LogP contribution in [-0.4, -0.2) is 166 Å². The highest BCUT2D eigenvalue weighted by atomic mass is 32.5. The summed E-state index contributed by atoms with van der Waals surface area (Å²) in [4.78, 5) is 136. The van der Waals surface area contributed by atoms with Crippen molar-refractivity contribution in [3.63, 3.8) is 0 Å². The number of benzene rings is 2. The van der Waals surface area contributed by atoms with E-state index in [0.29, 0.717) is 35.5 Å². The highest BCUT2D eigenvalue weighted by Crippen LogP contribution is 2.51. The number of rotatable bonds is 27. The van der Waals surface area contributed by atoms with Crippen molar-refractivity contribution in [2.45, 2.75) is 95.6 Å². The van der Waals surface area contributed by atoms with Crippen molar-refractivity contribution in [2.75, 3.05) is 43.4 Å². The van der Waals surface area contributed by atoms with E-state index in [0.717, 1.165) is 17.1 Å². The number of aliphatic hydroxyl groups excluding tert-OH is 1. The number of imidazole rings is 1. The predicted octanol–water partition coefficient (Wildman–Crippen LogP) is 2.67. The third-order valence-electron chi connectivity index (χ3n) is 13.7. The van der Waals surface area contributed by atoms with E-state index >= 15 is 0 Å². The number of aromatic amines is 1. The molecule has 8 rings (SSSR count). The van der Waals surface area contributed by atoms with Crippen LogP contribution in [0.15, 0.2) is 90.4 Å². The number of aliphatic hydroxyl groups is 1. The molecular formula is C52H60N12O18P2S2. The van der Waals surface area contributed by atoms with Gasteiger partial charge in [-0.3, -0.25) is 62.4 Å². The fourth-order valence-corrected chi connectivity index (χ4v) is 11.3. The van der Waals surface area contributed by atoms with Crippen LogP contribution in [-0.2, 0) is 81.3 Å². The lowest BCUT2D eigenvalue weighted by atomic mass is 10.0. The van der Waals surface area contributed by atoms with Gasteiger partial charge >= 0.3 is 21.5 Å². The van der Waals surface area contributed by atoms with E-state index in [9.17, 15) is 52.9 Å². The molecule has 3 aromatic heterocycles. The van der Waals surface area contributed by atoms with E-state index in [4.69, 9.17) is 44.3 Å². The lowest BCUT2D eigenvalue weighted by Gasteiger charge is -2.27. The van der Waals surface area contributed by atoms with Crippen LogP contribution in [0.25, 0.3) is 11.2 Å². The van der Waals surface area contributed by atoms with Gasteiger partial charge in [0.1, 0.15) is 56.0 Å². The van der Waals surface area contributed by atoms with Crippen molar-refractivity contribution in [1.82, 2.24) is 49.9 Å². The number of ether oxygens (including phenoxy) is 4. The molecule has 2 aliphatic heterocycles. The number of amides is 7. The molecule has 0 radical (unpaired) electrons. The Labute approximate surface area is 502 Å². The van der Waals surface area contributed by atoms with Gasteiger partial charge < -0.3 is 54.3 Å². The molecule has 2 aromatic carbocycles. The number of nitrogens with one attached hydrogen (secondary N) is 5. The first-order valence-corrected chi connectivity index (χ1v) is 30.4. The average molecular weight is 1270 g/mol. The smallest absolute Gasteiger partial charge is 0.410 e. The standard InChI is InChI=1S/C52H60N12O18P2S2/c1-27(2)41(58-37(65)20-63-39(66)13-14-40(63)67)48(71)56-28(3)46(69)57-32-11-9-29(10-12-32)21-77-52(73)62(4)19-30-7-5-6-8-34(30)47(70)60-51-59-45-42(49(72)61-51)55-25-64(45)50-44(43(68)36(80-50)23-76-26-85)82-84(75,86)78-22-31-17-33(18-35(31)81-83-74)79-38-15-16-53-24-54-38/h5-16,24-25,27-28,31,33,35-36,41,43-44,50,68,85H,17-23,26H2,1-4H3,(H,56,71)(H,57,69)(H,58,65)(H,75,86)(H2,59,60,61,70,72)/t28-,31+,33+,35-,36+,41?,43+,44+,50+,84?/m0/s1. The zero-order valence-corrected chi connectivity index (χ0v) is 49.8. The molecule has 34 heteroatoms. The summed E-state index contributed by atoms with van der Waals surface area (Å²) in [6, 6.07) is 12.1. The SMILES string of the molecule is CC(C)C(NC(=O)CN1C(=O)C=CC1=O)C(=O)N[C@@H](C)C(=O)Nc1ccc(COC(=O)N(C)Cc2ccccc2C(=O)Nc2nc3c(ncn3[C@@H]3O[C@H](COCS)[C@@H](O)[C@H]3OP(O)(=S)OC[C@H]3C[C@@H](Oc4ccncn4)C[C@@H]3OP=O)c(=O)[nH]2)cc1. The second-order valence-electron chi connectivity index (χ2n) is 20.2. The van der Waals surface area contributed by atoms with Crippen LogP contribution in [0, 0.1) is 11.8 Å². The summed E-state index contributed by atoms with van der Waals surface area (Å²) in [5, 5.41) is 21.9. The number of H-pyrrole nitrogens is 1. The Bertz CT molecular complexity index is 3440. The maximum absolute atomic E-state index is 14.0. The van der Waals surface area contributed by atoms with Gasteiger partial charge in [-0.2, -0.15) is 17.6 Å². The van der Waals surface area contributed by atoms with Crippen molar-refractivity contribution in [3.05, 3.63) is 113 Å². The fourth-order valence-electron chi connectivity index (χ4n) is 9.34. The number of carbonyl (C=O) groups is 7. The summed E-state index contributed by atoms with van der Waals surface area (Å²) in [7, 11) is 0.870. The zero-order valence-electron chi connectivity index (χ0n) is 46.3. The van der Waals surface area contributed by atoms with Gasteiger partial charge in [0, 0.05) is 61.6 Å². The molecule has 3 aliphatic rings. The highest BCUT2D eigenvalue weighted by molar-refractivity contribution is 8.07. The van der Waals surface area contributed by atoms with Gasteiger partial charge in [-0.05, 0) is 60.4 Å². The molecule has 2 unspecified atom stereocenters. The number of fused-ring (bicyclic) bond motifs is 1. The van der Waals surface area contributed by atoms with Gasteiger partial charge in [0.2, 0.25) is 29.5 Å². The van der Waals surface area contributed by atoms with Gasteiger partial charge in [-0.15, -0.1) is 0 Å². The van der Waals surface area contributed by atoms with Crippen LogP contribution in [0.3, 0.4) is 0 Å². The number of hydrogen-bond donors (Lipinski definition) is 8. The molecule has 1 aliphatic carbocycles. The number of hydrogen-bond acceptors (Lipinski definition) is 23. The minimum atomic E-state index is -4.26. The normalized spacial score (nSPS) is 21.5. The van der Waals surface area contributed by atoms with Gasteiger partial charge in [-0.25, -0.2) is 24.3 Å². The Kier molecular flexibility index (Phi) is 22.0. The van der Waals surface area contributed by atoms with Gasteiger partial charge in [0.15, 0.2) is 17.4 Å². The van der Waals surface area contributed by atoms with Gasteiger partial charge in [0.05, 0.1) is 31.6 Å². The minimum absolute atomic E-state index is 0.0449. The highest BCUT2D eigenvalue weighted by Gasteiger charge is 2.49. The maximum Gasteiger partial charge on any atom is 0.410 e. The average Bonchev–Trinajstić information content (AvgIpc) is 2.38. The fraction of sp³-hybridized carbons (Fsp3) is 0.423. The van der Waals surface area contributed by atoms with E-state index in [1.54, 1.807) is 62.4 Å². The summed E-state index contributed by atoms with van der Waals surface area (Å²) < 4.78 is 53.0. The minimum Gasteiger partial charge on any atom is -0.474 e. The van der Waals surface area contributed by atoms with E-state index in [2.05, 4.69) is 58.8 Å². The number of carbonyl (C=O) groups excluding carboxylic acids is 7. The Morgan fingerprint density at radius 2 is 1.72 bits per heavy atom. The Morgan fingerprint density at radius 3 is 2.42 bits per heavy atom. The third-order valence-corrected chi connectivity index (χ3v) is 15.8. The van der Waals surface area contributed by atoms with Crippen LogP contribution >= 0.6 is 28.0 Å². The first-order valence-electron chi connectivity index (χ1n) is 26.5. The Balaban J connectivity index is 0.855. The summed E-state index contributed by atoms with van der Waals surface area (Å²) in [6.45, 7) is -0.761. The Hall–Kier alpha value is -7.48. The summed E-state index contributed by atoms with van der Waals surface area (Å²) in [6.07, 6.45) is -0.539. The first-order chi connectivity index (χ1) is 41.1. The summed E-state index contributed by atoms with van der Waals surface area (Å²) >= 11 is 9.52.